The van der Waals surface area contributed by atoms with Gasteiger partial charge in [-0.25, -0.2) is 8.78 Å². The van der Waals surface area contributed by atoms with Crippen LogP contribution < -0.4 is 5.32 Å². The minimum absolute atomic E-state index is 0.463. The fourth-order valence-corrected chi connectivity index (χ4v) is 2.43. The number of benzene rings is 1. The van der Waals surface area contributed by atoms with Crippen LogP contribution in [-0.4, -0.2) is 12.6 Å². The monoisotopic (exact) mass is 251 g/mol. The van der Waals surface area contributed by atoms with Gasteiger partial charge < -0.3 is 5.32 Å². The molecule has 18 heavy (non-hydrogen) atoms. The second kappa shape index (κ2) is 6.10. The van der Waals surface area contributed by atoms with Crippen LogP contribution in [0.3, 0.4) is 0 Å². The van der Waals surface area contributed by atoms with E-state index in [1.807, 2.05) is 13.0 Å². The smallest absolute Gasteiger partial charge is 0.133 e. The Bertz CT molecular complexity index is 434. The highest BCUT2D eigenvalue weighted by atomic mass is 19.1. The summed E-state index contributed by atoms with van der Waals surface area (Å²) >= 11 is 0. The predicted octanol–water partition coefficient (Wildman–Crippen LogP) is 3.90. The molecule has 1 saturated heterocycles. The largest absolute Gasteiger partial charge is 0.314 e. The topological polar surface area (TPSA) is 12.0 Å². The average Bonchev–Trinajstić information content (AvgIpc) is 2.34. The number of piperidine rings is 1. The zero-order valence-electron chi connectivity index (χ0n) is 10.7. The van der Waals surface area contributed by atoms with E-state index in [0.717, 1.165) is 24.6 Å². The molecule has 1 aliphatic heterocycles. The molecule has 0 radical (unpaired) electrons. The fourth-order valence-electron chi connectivity index (χ4n) is 2.43. The third-order valence-electron chi connectivity index (χ3n) is 3.35. The van der Waals surface area contributed by atoms with Gasteiger partial charge in [-0.05, 0) is 44.9 Å². The van der Waals surface area contributed by atoms with Crippen LogP contribution in [0.4, 0.5) is 8.78 Å². The Hall–Kier alpha value is -1.22. The summed E-state index contributed by atoms with van der Waals surface area (Å²) < 4.78 is 26.3. The van der Waals surface area contributed by atoms with Crippen LogP contribution in [0.15, 0.2) is 23.8 Å². The van der Waals surface area contributed by atoms with Gasteiger partial charge in [-0.3, -0.25) is 0 Å². The Labute approximate surface area is 107 Å². The summed E-state index contributed by atoms with van der Waals surface area (Å²) in [6.45, 7) is 3.07. The van der Waals surface area contributed by atoms with Gasteiger partial charge in [0.05, 0.1) is 0 Å². The molecule has 0 aliphatic carbocycles. The SMILES string of the molecule is C/C(=C/c1ccc(F)cc1F)CC1CCCCN1. The van der Waals surface area contributed by atoms with Gasteiger partial charge in [0.2, 0.25) is 0 Å². The third-order valence-corrected chi connectivity index (χ3v) is 3.35. The highest BCUT2D eigenvalue weighted by molar-refractivity contribution is 5.53. The molecule has 0 aromatic heterocycles. The lowest BCUT2D eigenvalue weighted by molar-refractivity contribution is 0.399. The molecule has 1 N–H and O–H groups in total. The Kier molecular flexibility index (Phi) is 4.48. The van der Waals surface area contributed by atoms with E-state index in [1.54, 1.807) is 0 Å². The molecule has 0 bridgehead atoms. The average molecular weight is 251 g/mol. The van der Waals surface area contributed by atoms with E-state index in [1.165, 1.54) is 31.4 Å². The van der Waals surface area contributed by atoms with E-state index < -0.39 is 11.6 Å². The Balaban J connectivity index is 2.02. The van der Waals surface area contributed by atoms with E-state index in [2.05, 4.69) is 5.32 Å². The third kappa shape index (κ3) is 3.64. The van der Waals surface area contributed by atoms with Gasteiger partial charge in [0, 0.05) is 17.7 Å². The molecule has 98 valence electrons. The van der Waals surface area contributed by atoms with Crippen molar-refractivity contribution >= 4 is 6.08 Å². The lowest BCUT2D eigenvalue weighted by Crippen LogP contribution is -2.33. The van der Waals surface area contributed by atoms with E-state index >= 15 is 0 Å². The summed E-state index contributed by atoms with van der Waals surface area (Å²) in [7, 11) is 0. The molecule has 3 heteroatoms. The summed E-state index contributed by atoms with van der Waals surface area (Å²) in [5, 5.41) is 3.46. The summed E-state index contributed by atoms with van der Waals surface area (Å²) in [6, 6.07) is 4.21. The minimum atomic E-state index is -0.531. The number of halogens is 2. The Morgan fingerprint density at radius 3 is 2.89 bits per heavy atom. The zero-order valence-corrected chi connectivity index (χ0v) is 10.7. The van der Waals surface area contributed by atoms with Gasteiger partial charge in [-0.1, -0.05) is 18.1 Å². The first kappa shape index (κ1) is 13.2. The van der Waals surface area contributed by atoms with Crippen LogP contribution in [0.5, 0.6) is 0 Å². The molecular weight excluding hydrogens is 232 g/mol. The fraction of sp³-hybridized carbons (Fsp3) is 0.467. The van der Waals surface area contributed by atoms with Crippen molar-refractivity contribution in [1.29, 1.82) is 0 Å². The summed E-state index contributed by atoms with van der Waals surface area (Å²) in [5.74, 6) is -1.03. The number of hydrogen-bond acceptors (Lipinski definition) is 1. The van der Waals surface area contributed by atoms with E-state index in [-0.39, 0.29) is 0 Å². The van der Waals surface area contributed by atoms with E-state index in [4.69, 9.17) is 0 Å². The maximum absolute atomic E-state index is 13.5. The van der Waals surface area contributed by atoms with Crippen molar-refractivity contribution in [2.45, 2.75) is 38.6 Å². The molecule has 1 aromatic rings. The zero-order chi connectivity index (χ0) is 13.0. The maximum atomic E-state index is 13.5. The predicted molar refractivity (Wildman–Crippen MR) is 70.3 cm³/mol. The second-order valence-corrected chi connectivity index (χ2v) is 5.01. The van der Waals surface area contributed by atoms with Crippen molar-refractivity contribution in [2.24, 2.45) is 0 Å². The van der Waals surface area contributed by atoms with Gasteiger partial charge in [0.1, 0.15) is 11.6 Å². The molecule has 1 aromatic carbocycles. The van der Waals surface area contributed by atoms with Gasteiger partial charge >= 0.3 is 0 Å². The van der Waals surface area contributed by atoms with Crippen LogP contribution in [-0.2, 0) is 0 Å². The molecule has 2 rings (SSSR count). The highest BCUT2D eigenvalue weighted by Gasteiger charge is 2.12. The van der Waals surface area contributed by atoms with Crippen molar-refractivity contribution in [3.8, 4) is 0 Å². The molecule has 0 amide bonds. The lowest BCUT2D eigenvalue weighted by Gasteiger charge is -2.23. The molecule has 1 fully saturated rings. The molecule has 1 aliphatic rings. The van der Waals surface area contributed by atoms with Crippen molar-refractivity contribution in [1.82, 2.24) is 5.32 Å². The first-order valence-electron chi connectivity index (χ1n) is 6.51. The number of nitrogens with one attached hydrogen (secondary N) is 1. The van der Waals surface area contributed by atoms with Crippen LogP contribution in [0, 0.1) is 11.6 Å². The number of hydrogen-bond donors (Lipinski definition) is 1. The second-order valence-electron chi connectivity index (χ2n) is 5.01. The van der Waals surface area contributed by atoms with E-state index in [0.29, 0.717) is 11.6 Å². The Morgan fingerprint density at radius 1 is 1.39 bits per heavy atom. The first-order chi connectivity index (χ1) is 8.65. The molecule has 1 unspecified atom stereocenters. The van der Waals surface area contributed by atoms with Crippen molar-refractivity contribution in [3.63, 3.8) is 0 Å². The summed E-state index contributed by atoms with van der Waals surface area (Å²) in [6.07, 6.45) is 6.42. The summed E-state index contributed by atoms with van der Waals surface area (Å²) in [4.78, 5) is 0. The Morgan fingerprint density at radius 2 is 2.22 bits per heavy atom. The normalized spacial score (nSPS) is 21.1. The molecule has 1 atom stereocenters. The van der Waals surface area contributed by atoms with Crippen molar-refractivity contribution in [2.75, 3.05) is 6.54 Å². The van der Waals surface area contributed by atoms with Gasteiger partial charge in [-0.2, -0.15) is 0 Å². The van der Waals surface area contributed by atoms with Gasteiger partial charge in [0.25, 0.3) is 0 Å². The first-order valence-corrected chi connectivity index (χ1v) is 6.51. The molecule has 0 spiro atoms. The maximum Gasteiger partial charge on any atom is 0.133 e. The van der Waals surface area contributed by atoms with Crippen molar-refractivity contribution in [3.05, 3.63) is 41.0 Å². The minimum Gasteiger partial charge on any atom is -0.314 e. The molecule has 1 nitrogen and oxygen atoms in total. The van der Waals surface area contributed by atoms with Gasteiger partial charge in [0.15, 0.2) is 0 Å². The van der Waals surface area contributed by atoms with Crippen molar-refractivity contribution < 1.29 is 8.78 Å². The van der Waals surface area contributed by atoms with E-state index in [9.17, 15) is 8.78 Å². The number of rotatable bonds is 3. The highest BCUT2D eigenvalue weighted by Crippen LogP contribution is 2.19. The van der Waals surface area contributed by atoms with Crippen LogP contribution in [0.1, 0.15) is 38.2 Å². The molecule has 0 saturated carbocycles. The standard InChI is InChI=1S/C15H19F2N/c1-11(9-14-4-2-3-7-18-14)8-12-5-6-13(16)10-15(12)17/h5-6,8,10,14,18H,2-4,7,9H2,1H3/b11-8-. The van der Waals surface area contributed by atoms with Gasteiger partial charge in [-0.15, -0.1) is 0 Å². The van der Waals surface area contributed by atoms with Crippen LogP contribution >= 0.6 is 0 Å². The quantitative estimate of drug-likeness (QED) is 0.859. The summed E-state index contributed by atoms with van der Waals surface area (Å²) in [5.41, 5.74) is 1.59. The molecular formula is C15H19F2N. The molecule has 1 heterocycles. The van der Waals surface area contributed by atoms with Crippen LogP contribution in [0.25, 0.3) is 6.08 Å². The lowest BCUT2D eigenvalue weighted by atomic mass is 9.97. The van der Waals surface area contributed by atoms with Crippen LogP contribution in [0.2, 0.25) is 0 Å².